The SMILES string of the molecule is Cn1cc(S(=O)(=O)NCC(c2ccccc2)c2c[nH]c3ccccc23)c(=O)n(C)c1=O. The molecule has 0 fully saturated rings. The Morgan fingerprint density at radius 2 is 1.68 bits per heavy atom. The van der Waals surface area contributed by atoms with Gasteiger partial charge in [0.05, 0.1) is 0 Å². The number of para-hydroxylation sites is 1. The summed E-state index contributed by atoms with van der Waals surface area (Å²) < 4.78 is 30.4. The Labute approximate surface area is 178 Å². The van der Waals surface area contributed by atoms with E-state index in [1.807, 2.05) is 60.8 Å². The molecule has 2 aromatic heterocycles. The number of aromatic amines is 1. The summed E-state index contributed by atoms with van der Waals surface area (Å²) in [6, 6.07) is 17.4. The van der Waals surface area contributed by atoms with Crippen molar-refractivity contribution in [3.05, 3.63) is 99.0 Å². The van der Waals surface area contributed by atoms with Crippen molar-refractivity contribution in [1.29, 1.82) is 0 Å². The number of fused-ring (bicyclic) bond motifs is 1. The highest BCUT2D eigenvalue weighted by Gasteiger charge is 2.25. The van der Waals surface area contributed by atoms with Crippen molar-refractivity contribution in [2.75, 3.05) is 6.54 Å². The lowest BCUT2D eigenvalue weighted by Crippen LogP contribution is -2.42. The number of nitrogens with zero attached hydrogens (tertiary/aromatic N) is 2. The van der Waals surface area contributed by atoms with Gasteiger partial charge in [0.1, 0.15) is 0 Å². The monoisotopic (exact) mass is 438 g/mol. The molecule has 0 bridgehead atoms. The largest absolute Gasteiger partial charge is 0.361 e. The lowest BCUT2D eigenvalue weighted by atomic mass is 9.91. The molecule has 0 aliphatic rings. The van der Waals surface area contributed by atoms with E-state index in [0.717, 1.165) is 37.4 Å². The van der Waals surface area contributed by atoms with Crippen LogP contribution >= 0.6 is 0 Å². The molecule has 0 saturated heterocycles. The summed E-state index contributed by atoms with van der Waals surface area (Å²) >= 11 is 0. The molecule has 9 heteroatoms. The molecule has 0 aliphatic heterocycles. The first-order valence-electron chi connectivity index (χ1n) is 9.67. The predicted molar refractivity (Wildman–Crippen MR) is 119 cm³/mol. The van der Waals surface area contributed by atoms with Gasteiger partial charge in [0.25, 0.3) is 5.56 Å². The van der Waals surface area contributed by atoms with Crippen LogP contribution in [-0.4, -0.2) is 29.1 Å². The Balaban J connectivity index is 1.74. The maximum absolute atomic E-state index is 13.0. The fraction of sp³-hybridized carbons (Fsp3) is 0.182. The molecule has 1 atom stereocenters. The highest BCUT2D eigenvalue weighted by Crippen LogP contribution is 2.30. The number of hydrogen-bond donors (Lipinski definition) is 2. The average molecular weight is 439 g/mol. The molecule has 160 valence electrons. The quantitative estimate of drug-likeness (QED) is 0.478. The highest BCUT2D eigenvalue weighted by atomic mass is 32.2. The van der Waals surface area contributed by atoms with E-state index in [4.69, 9.17) is 0 Å². The number of benzene rings is 2. The summed E-state index contributed by atoms with van der Waals surface area (Å²) in [4.78, 5) is 27.1. The van der Waals surface area contributed by atoms with Crippen LogP contribution in [0.3, 0.4) is 0 Å². The molecule has 2 N–H and O–H groups in total. The fourth-order valence-electron chi connectivity index (χ4n) is 3.71. The van der Waals surface area contributed by atoms with Crippen LogP contribution in [0.1, 0.15) is 17.0 Å². The summed E-state index contributed by atoms with van der Waals surface area (Å²) in [6.07, 6.45) is 2.93. The molecule has 4 aromatic rings. The van der Waals surface area contributed by atoms with Gasteiger partial charge in [0.2, 0.25) is 10.0 Å². The van der Waals surface area contributed by atoms with Gasteiger partial charge in [-0.15, -0.1) is 0 Å². The van der Waals surface area contributed by atoms with Crippen LogP contribution in [0.5, 0.6) is 0 Å². The molecule has 1 unspecified atom stereocenters. The minimum atomic E-state index is -4.15. The van der Waals surface area contributed by atoms with Crippen molar-refractivity contribution in [1.82, 2.24) is 18.8 Å². The van der Waals surface area contributed by atoms with Gasteiger partial charge in [-0.3, -0.25) is 9.36 Å². The molecular weight excluding hydrogens is 416 g/mol. The van der Waals surface area contributed by atoms with Crippen molar-refractivity contribution >= 4 is 20.9 Å². The Hall–Kier alpha value is -3.43. The van der Waals surface area contributed by atoms with Crippen molar-refractivity contribution < 1.29 is 8.42 Å². The van der Waals surface area contributed by atoms with Crippen molar-refractivity contribution in [2.45, 2.75) is 10.8 Å². The lowest BCUT2D eigenvalue weighted by molar-refractivity contribution is 0.567. The van der Waals surface area contributed by atoms with Crippen molar-refractivity contribution in [3.63, 3.8) is 0 Å². The zero-order valence-corrected chi connectivity index (χ0v) is 17.9. The van der Waals surface area contributed by atoms with E-state index in [1.165, 1.54) is 14.1 Å². The number of aromatic nitrogens is 3. The molecule has 31 heavy (non-hydrogen) atoms. The van der Waals surface area contributed by atoms with Crippen LogP contribution in [0.4, 0.5) is 0 Å². The molecule has 0 saturated carbocycles. The van der Waals surface area contributed by atoms with E-state index in [0.29, 0.717) is 0 Å². The molecule has 2 aromatic carbocycles. The van der Waals surface area contributed by atoms with Crippen molar-refractivity contribution in [3.8, 4) is 0 Å². The molecule has 8 nitrogen and oxygen atoms in total. The molecular formula is C22H22N4O4S. The number of rotatable bonds is 6. The topological polar surface area (TPSA) is 106 Å². The maximum atomic E-state index is 13.0. The van der Waals surface area contributed by atoms with Crippen LogP contribution < -0.4 is 16.0 Å². The second-order valence-corrected chi connectivity index (χ2v) is 9.09. The summed E-state index contributed by atoms with van der Waals surface area (Å²) in [5.74, 6) is -0.288. The number of sulfonamides is 1. The van der Waals surface area contributed by atoms with Gasteiger partial charge in [-0.2, -0.15) is 0 Å². The third-order valence-corrected chi connectivity index (χ3v) is 6.79. The lowest BCUT2D eigenvalue weighted by Gasteiger charge is -2.18. The van der Waals surface area contributed by atoms with Gasteiger partial charge >= 0.3 is 5.69 Å². The van der Waals surface area contributed by atoms with E-state index in [9.17, 15) is 18.0 Å². The molecule has 0 amide bonds. The van der Waals surface area contributed by atoms with Gasteiger partial charge in [0, 0.05) is 49.9 Å². The van der Waals surface area contributed by atoms with E-state index in [1.54, 1.807) is 0 Å². The molecule has 0 radical (unpaired) electrons. The number of nitrogens with one attached hydrogen (secondary N) is 2. The summed E-state index contributed by atoms with van der Waals surface area (Å²) in [6.45, 7) is 0.0419. The van der Waals surface area contributed by atoms with E-state index in [-0.39, 0.29) is 12.5 Å². The Bertz CT molecular complexity index is 1470. The van der Waals surface area contributed by atoms with Gasteiger partial charge in [-0.25, -0.2) is 17.9 Å². The van der Waals surface area contributed by atoms with E-state index < -0.39 is 26.2 Å². The third kappa shape index (κ3) is 3.85. The molecule has 4 rings (SSSR count). The first kappa shape index (κ1) is 20.8. The van der Waals surface area contributed by atoms with Gasteiger partial charge < -0.3 is 9.55 Å². The average Bonchev–Trinajstić information content (AvgIpc) is 3.19. The van der Waals surface area contributed by atoms with Gasteiger partial charge in [-0.05, 0) is 17.2 Å². The molecule has 0 aliphatic carbocycles. The Morgan fingerprint density at radius 1 is 1.00 bits per heavy atom. The minimum absolute atomic E-state index is 0.0419. The summed E-state index contributed by atoms with van der Waals surface area (Å²) in [5.41, 5.74) is 1.37. The van der Waals surface area contributed by atoms with E-state index in [2.05, 4.69) is 9.71 Å². The first-order chi connectivity index (χ1) is 14.8. The standard InChI is InChI=1S/C22H22N4O4S/c1-25-14-20(21(27)26(2)22(25)28)31(29,30)24-13-17(15-8-4-3-5-9-15)18-12-23-19-11-7-6-10-16(18)19/h3-12,14,17,23-24H,13H2,1-2H3. The molecule has 2 heterocycles. The van der Waals surface area contributed by atoms with Crippen LogP contribution in [0.15, 0.2) is 81.5 Å². The zero-order valence-electron chi connectivity index (χ0n) is 17.1. The summed E-state index contributed by atoms with van der Waals surface area (Å²) in [7, 11) is -1.50. The Kier molecular flexibility index (Phi) is 5.38. The number of H-pyrrole nitrogens is 1. The summed E-state index contributed by atoms with van der Waals surface area (Å²) in [5, 5.41) is 0.994. The fourth-order valence-corrected chi connectivity index (χ4v) is 4.91. The van der Waals surface area contributed by atoms with Crippen LogP contribution in [0.2, 0.25) is 0 Å². The van der Waals surface area contributed by atoms with Crippen LogP contribution in [0.25, 0.3) is 10.9 Å². The normalized spacial score (nSPS) is 12.8. The second kappa shape index (κ2) is 8.01. The smallest absolute Gasteiger partial charge is 0.330 e. The van der Waals surface area contributed by atoms with Gasteiger partial charge in [0.15, 0.2) is 4.90 Å². The van der Waals surface area contributed by atoms with Crippen LogP contribution in [-0.2, 0) is 24.1 Å². The first-order valence-corrected chi connectivity index (χ1v) is 11.1. The number of hydrogen-bond acceptors (Lipinski definition) is 4. The Morgan fingerprint density at radius 3 is 2.42 bits per heavy atom. The zero-order chi connectivity index (χ0) is 22.2. The maximum Gasteiger partial charge on any atom is 0.330 e. The van der Waals surface area contributed by atoms with Crippen LogP contribution in [0, 0.1) is 0 Å². The predicted octanol–water partition coefficient (Wildman–Crippen LogP) is 1.68. The van der Waals surface area contributed by atoms with Gasteiger partial charge in [-0.1, -0.05) is 48.5 Å². The molecule has 0 spiro atoms. The minimum Gasteiger partial charge on any atom is -0.361 e. The van der Waals surface area contributed by atoms with E-state index >= 15 is 0 Å². The second-order valence-electron chi connectivity index (χ2n) is 7.36. The van der Waals surface area contributed by atoms with Crippen molar-refractivity contribution in [2.24, 2.45) is 14.1 Å². The highest BCUT2D eigenvalue weighted by molar-refractivity contribution is 7.89. The number of aryl methyl sites for hydroxylation is 1. The third-order valence-electron chi connectivity index (χ3n) is 5.38.